The van der Waals surface area contributed by atoms with Crippen molar-refractivity contribution in [3.8, 4) is 11.3 Å². The van der Waals surface area contributed by atoms with E-state index in [9.17, 15) is 4.79 Å². The average molecular weight is 360 g/mol. The summed E-state index contributed by atoms with van der Waals surface area (Å²) in [5, 5.41) is 7.90. The summed E-state index contributed by atoms with van der Waals surface area (Å²) < 4.78 is 2.08. The maximum absolute atomic E-state index is 12.4. The molecule has 1 aliphatic carbocycles. The molecule has 1 aromatic carbocycles. The minimum Gasteiger partial charge on any atom is -0.350 e. The topological polar surface area (TPSA) is 59.8 Å². The van der Waals surface area contributed by atoms with Gasteiger partial charge in [-0.15, -0.1) is 0 Å². The minimum absolute atomic E-state index is 0.0333. The predicted molar refractivity (Wildman–Crippen MR) is 106 cm³/mol. The van der Waals surface area contributed by atoms with Gasteiger partial charge in [0.1, 0.15) is 0 Å². The van der Waals surface area contributed by atoms with E-state index in [1.54, 1.807) is 0 Å². The van der Waals surface area contributed by atoms with Gasteiger partial charge >= 0.3 is 0 Å². The fourth-order valence-corrected chi connectivity index (χ4v) is 3.76. The summed E-state index contributed by atoms with van der Waals surface area (Å²) in [6.45, 7) is 3.25. The Hall–Kier alpha value is -2.95. The lowest BCUT2D eigenvalue weighted by atomic mass is 9.94. The molecule has 138 valence electrons. The van der Waals surface area contributed by atoms with E-state index >= 15 is 0 Å². The number of rotatable bonds is 5. The van der Waals surface area contributed by atoms with Gasteiger partial charge in [0.05, 0.1) is 12.2 Å². The Bertz CT molecular complexity index is 946. The largest absolute Gasteiger partial charge is 0.350 e. The van der Waals surface area contributed by atoms with Crippen molar-refractivity contribution in [2.75, 3.05) is 6.54 Å². The Morgan fingerprint density at radius 1 is 1.15 bits per heavy atom. The van der Waals surface area contributed by atoms with Crippen molar-refractivity contribution in [1.82, 2.24) is 20.1 Å². The molecule has 0 saturated carbocycles. The number of benzene rings is 1. The monoisotopic (exact) mass is 360 g/mol. The van der Waals surface area contributed by atoms with Gasteiger partial charge in [-0.25, -0.2) is 0 Å². The Morgan fingerprint density at radius 2 is 1.96 bits per heavy atom. The fraction of sp³-hybridized carbons (Fsp3) is 0.318. The number of hydrogen-bond acceptors (Lipinski definition) is 3. The van der Waals surface area contributed by atoms with Gasteiger partial charge in [0, 0.05) is 41.3 Å². The summed E-state index contributed by atoms with van der Waals surface area (Å²) in [6, 6.07) is 11.7. The molecular weight excluding hydrogens is 336 g/mol. The highest BCUT2D eigenvalue weighted by molar-refractivity contribution is 5.94. The highest BCUT2D eigenvalue weighted by Gasteiger charge is 2.21. The van der Waals surface area contributed by atoms with Crippen LogP contribution < -0.4 is 5.32 Å². The summed E-state index contributed by atoms with van der Waals surface area (Å²) >= 11 is 0. The molecule has 1 aliphatic rings. The lowest BCUT2D eigenvalue weighted by molar-refractivity contribution is 0.0951. The molecule has 1 N–H and O–H groups in total. The molecular formula is C22H24N4O. The average Bonchev–Trinajstić information content (AvgIpc) is 3.07. The van der Waals surface area contributed by atoms with Gasteiger partial charge in [-0.2, -0.15) is 5.10 Å². The van der Waals surface area contributed by atoms with E-state index in [1.807, 2.05) is 55.7 Å². The van der Waals surface area contributed by atoms with Crippen LogP contribution in [-0.2, 0) is 19.4 Å². The molecule has 3 aromatic rings. The van der Waals surface area contributed by atoms with Crippen LogP contribution in [0.3, 0.4) is 0 Å². The summed E-state index contributed by atoms with van der Waals surface area (Å²) in [5.41, 5.74) is 6.65. The van der Waals surface area contributed by atoms with Crippen LogP contribution in [0.2, 0.25) is 0 Å². The van der Waals surface area contributed by atoms with Gasteiger partial charge in [-0.05, 0) is 56.9 Å². The van der Waals surface area contributed by atoms with Crippen molar-refractivity contribution in [2.24, 2.45) is 0 Å². The molecule has 2 heterocycles. The van der Waals surface area contributed by atoms with E-state index in [4.69, 9.17) is 5.10 Å². The van der Waals surface area contributed by atoms with E-state index in [0.29, 0.717) is 18.7 Å². The third-order valence-electron chi connectivity index (χ3n) is 5.10. The van der Waals surface area contributed by atoms with E-state index in [2.05, 4.69) is 15.0 Å². The minimum atomic E-state index is -0.0333. The lowest BCUT2D eigenvalue weighted by Crippen LogP contribution is -2.28. The zero-order valence-electron chi connectivity index (χ0n) is 15.6. The molecule has 27 heavy (non-hydrogen) atoms. The van der Waals surface area contributed by atoms with Crippen molar-refractivity contribution < 1.29 is 4.79 Å². The van der Waals surface area contributed by atoms with E-state index in [1.165, 1.54) is 24.1 Å². The number of nitrogens with zero attached hydrogens (tertiary/aromatic N) is 3. The molecule has 5 nitrogen and oxygen atoms in total. The number of pyridine rings is 1. The van der Waals surface area contributed by atoms with Crippen LogP contribution in [0.5, 0.6) is 0 Å². The lowest BCUT2D eigenvalue weighted by Gasteiger charge is -2.14. The van der Waals surface area contributed by atoms with Crippen molar-refractivity contribution >= 4 is 5.91 Å². The number of carbonyl (C=O) groups is 1. The van der Waals surface area contributed by atoms with Crippen LogP contribution in [0.1, 0.15) is 40.0 Å². The molecule has 0 bridgehead atoms. The van der Waals surface area contributed by atoms with Crippen molar-refractivity contribution in [1.29, 1.82) is 0 Å². The van der Waals surface area contributed by atoms with Crippen LogP contribution in [-0.4, -0.2) is 27.2 Å². The van der Waals surface area contributed by atoms with Gasteiger partial charge in [0.25, 0.3) is 5.91 Å². The standard InChI is InChI=1S/C22H24N4O/c1-16-5-4-6-18(15-16)22(27)24-13-14-26-20-8-3-2-7-19(20)21(25-26)17-9-11-23-12-10-17/h4-6,9-12,15H,2-3,7-8,13-14H2,1H3,(H,24,27). The third kappa shape index (κ3) is 3.77. The predicted octanol–water partition coefficient (Wildman–Crippen LogP) is 3.56. The normalized spacial score (nSPS) is 13.2. The molecule has 2 aromatic heterocycles. The van der Waals surface area contributed by atoms with Gasteiger partial charge in [-0.3, -0.25) is 14.5 Å². The first-order valence-corrected chi connectivity index (χ1v) is 9.56. The van der Waals surface area contributed by atoms with Crippen LogP contribution in [0.4, 0.5) is 0 Å². The Balaban J connectivity index is 1.49. The molecule has 0 radical (unpaired) electrons. The summed E-state index contributed by atoms with van der Waals surface area (Å²) in [6.07, 6.45) is 8.16. The second-order valence-electron chi connectivity index (χ2n) is 7.07. The number of nitrogens with one attached hydrogen (secondary N) is 1. The number of aryl methyl sites for hydroxylation is 1. The molecule has 0 spiro atoms. The highest BCUT2D eigenvalue weighted by atomic mass is 16.1. The van der Waals surface area contributed by atoms with Crippen molar-refractivity contribution in [3.63, 3.8) is 0 Å². The second kappa shape index (κ2) is 7.74. The zero-order valence-corrected chi connectivity index (χ0v) is 15.6. The zero-order chi connectivity index (χ0) is 18.6. The van der Waals surface area contributed by atoms with Gasteiger partial charge in [0.2, 0.25) is 0 Å². The number of amides is 1. The quantitative estimate of drug-likeness (QED) is 0.757. The summed E-state index contributed by atoms with van der Waals surface area (Å²) in [4.78, 5) is 16.5. The SMILES string of the molecule is Cc1cccc(C(=O)NCCn2nc(-c3ccncc3)c3c2CCCC3)c1. The van der Waals surface area contributed by atoms with Crippen molar-refractivity contribution in [2.45, 2.75) is 39.2 Å². The highest BCUT2D eigenvalue weighted by Crippen LogP contribution is 2.30. The van der Waals surface area contributed by atoms with Crippen molar-refractivity contribution in [3.05, 3.63) is 71.2 Å². The summed E-state index contributed by atoms with van der Waals surface area (Å²) in [5.74, 6) is -0.0333. The number of fused-ring (bicyclic) bond motifs is 1. The molecule has 5 heteroatoms. The maximum Gasteiger partial charge on any atom is 0.251 e. The molecule has 1 amide bonds. The molecule has 0 aliphatic heterocycles. The molecule has 0 atom stereocenters. The Labute approximate surface area is 159 Å². The molecule has 0 unspecified atom stereocenters. The summed E-state index contributed by atoms with van der Waals surface area (Å²) in [7, 11) is 0. The van der Waals surface area contributed by atoms with E-state index in [-0.39, 0.29) is 5.91 Å². The van der Waals surface area contributed by atoms with Crippen LogP contribution in [0.15, 0.2) is 48.8 Å². The van der Waals surface area contributed by atoms with E-state index in [0.717, 1.165) is 29.7 Å². The number of carbonyl (C=O) groups excluding carboxylic acids is 1. The molecule has 0 saturated heterocycles. The van der Waals surface area contributed by atoms with Gasteiger partial charge in [-0.1, -0.05) is 17.7 Å². The maximum atomic E-state index is 12.4. The van der Waals surface area contributed by atoms with Crippen LogP contribution in [0, 0.1) is 6.92 Å². The Kier molecular flexibility index (Phi) is 5.01. The van der Waals surface area contributed by atoms with Gasteiger partial charge in [0.15, 0.2) is 0 Å². The van der Waals surface area contributed by atoms with Crippen LogP contribution >= 0.6 is 0 Å². The fourth-order valence-electron chi connectivity index (χ4n) is 3.76. The smallest absolute Gasteiger partial charge is 0.251 e. The van der Waals surface area contributed by atoms with E-state index < -0.39 is 0 Å². The first-order valence-electron chi connectivity index (χ1n) is 9.56. The molecule has 0 fully saturated rings. The second-order valence-corrected chi connectivity index (χ2v) is 7.07. The van der Waals surface area contributed by atoms with Crippen LogP contribution in [0.25, 0.3) is 11.3 Å². The third-order valence-corrected chi connectivity index (χ3v) is 5.10. The number of hydrogen-bond donors (Lipinski definition) is 1. The first-order chi connectivity index (χ1) is 13.2. The Morgan fingerprint density at radius 3 is 2.78 bits per heavy atom. The first kappa shape index (κ1) is 17.5. The number of aromatic nitrogens is 3. The molecule has 4 rings (SSSR count). The van der Waals surface area contributed by atoms with Gasteiger partial charge < -0.3 is 5.32 Å².